The number of carbonyl (C=O) groups excluding carboxylic acids is 2. The Morgan fingerprint density at radius 3 is 2.64 bits per heavy atom. The molecule has 28 heavy (non-hydrogen) atoms. The van der Waals surface area contributed by atoms with E-state index in [4.69, 9.17) is 0 Å². The minimum Gasteiger partial charge on any atom is -0.333 e. The first-order valence-corrected chi connectivity index (χ1v) is 9.71. The van der Waals surface area contributed by atoms with Gasteiger partial charge >= 0.3 is 0 Å². The van der Waals surface area contributed by atoms with Gasteiger partial charge in [0.25, 0.3) is 0 Å². The number of rotatable bonds is 7. The molecule has 0 aliphatic carbocycles. The van der Waals surface area contributed by atoms with Crippen LogP contribution in [0.1, 0.15) is 53.7 Å². The number of amides is 1. The van der Waals surface area contributed by atoms with Gasteiger partial charge in [0.1, 0.15) is 0 Å². The van der Waals surface area contributed by atoms with Crippen molar-refractivity contribution in [1.82, 2.24) is 15.2 Å². The fraction of sp³-hybridized carbons (Fsp3) is 0.409. The number of piperazine rings is 1. The van der Waals surface area contributed by atoms with Crippen LogP contribution in [-0.2, 0) is 11.2 Å². The number of halogens is 1. The molecule has 1 aliphatic heterocycles. The smallest absolute Gasteiger partial charge is 0.223 e. The van der Waals surface area contributed by atoms with Crippen molar-refractivity contribution >= 4 is 24.1 Å². The maximum atomic E-state index is 12.8. The molecule has 1 fully saturated rings. The highest BCUT2D eigenvalue weighted by atomic mass is 35.5. The van der Waals surface area contributed by atoms with Crippen LogP contribution in [0.3, 0.4) is 0 Å². The van der Waals surface area contributed by atoms with Crippen molar-refractivity contribution in [1.29, 1.82) is 0 Å². The molecular weight excluding hydrogens is 374 g/mol. The molecule has 1 amide bonds. The first-order valence-electron chi connectivity index (χ1n) is 9.71. The maximum Gasteiger partial charge on any atom is 0.223 e. The summed E-state index contributed by atoms with van der Waals surface area (Å²) in [5.74, 6) is 0.0563. The molecule has 0 radical (unpaired) electrons. The lowest BCUT2D eigenvalue weighted by molar-refractivity contribution is -0.134. The Hall–Kier alpha value is -2.24. The summed E-state index contributed by atoms with van der Waals surface area (Å²) in [5.41, 5.74) is 2.95. The fourth-order valence-electron chi connectivity index (χ4n) is 3.53. The molecule has 150 valence electrons. The molecule has 0 bridgehead atoms. The lowest BCUT2D eigenvalue weighted by Crippen LogP contribution is -2.48. The summed E-state index contributed by atoms with van der Waals surface area (Å²) in [6, 6.07) is 11.6. The predicted octanol–water partition coefficient (Wildman–Crippen LogP) is 3.59. The van der Waals surface area contributed by atoms with Crippen molar-refractivity contribution in [2.45, 2.75) is 38.6 Å². The van der Waals surface area contributed by atoms with Crippen molar-refractivity contribution in [3.63, 3.8) is 0 Å². The molecule has 1 saturated heterocycles. The van der Waals surface area contributed by atoms with Crippen molar-refractivity contribution in [2.75, 3.05) is 19.6 Å². The van der Waals surface area contributed by atoms with E-state index in [1.165, 1.54) is 5.56 Å². The van der Waals surface area contributed by atoms with E-state index >= 15 is 0 Å². The van der Waals surface area contributed by atoms with Gasteiger partial charge in [0.15, 0.2) is 5.78 Å². The molecule has 1 aromatic carbocycles. The summed E-state index contributed by atoms with van der Waals surface area (Å²) in [7, 11) is 0. The maximum absolute atomic E-state index is 12.8. The van der Waals surface area contributed by atoms with Crippen molar-refractivity contribution in [3.8, 4) is 0 Å². The predicted molar refractivity (Wildman–Crippen MR) is 113 cm³/mol. The topological polar surface area (TPSA) is 62.3 Å². The average Bonchev–Trinajstić information content (AvgIpc) is 2.73. The number of Topliss-reactive ketones (excluding diaryl/α,β-unsaturated/α-hetero) is 1. The zero-order chi connectivity index (χ0) is 19.1. The molecule has 0 spiro atoms. The molecule has 5 nitrogen and oxygen atoms in total. The van der Waals surface area contributed by atoms with Crippen molar-refractivity contribution in [2.24, 2.45) is 0 Å². The van der Waals surface area contributed by atoms with Crippen LogP contribution in [0.25, 0.3) is 0 Å². The highest BCUT2D eigenvalue weighted by molar-refractivity contribution is 5.98. The third-order valence-electron chi connectivity index (χ3n) is 5.01. The van der Waals surface area contributed by atoms with Gasteiger partial charge in [-0.15, -0.1) is 12.4 Å². The summed E-state index contributed by atoms with van der Waals surface area (Å²) in [4.78, 5) is 31.3. The lowest BCUT2D eigenvalue weighted by Gasteiger charge is -2.36. The summed E-state index contributed by atoms with van der Waals surface area (Å²) in [5, 5.41) is 3.34. The average molecular weight is 402 g/mol. The molecule has 1 atom stereocenters. The number of nitrogens with one attached hydrogen (secondary N) is 1. The Morgan fingerprint density at radius 2 is 1.96 bits per heavy atom. The zero-order valence-corrected chi connectivity index (χ0v) is 17.1. The number of aryl methyl sites for hydroxylation is 1. The van der Waals surface area contributed by atoms with Gasteiger partial charge in [-0.25, -0.2) is 0 Å². The SMILES string of the molecule is CCCc1ccc(C(=O)CCC(=O)N2CCNCC2c2cccnc2)cc1.Cl. The summed E-state index contributed by atoms with van der Waals surface area (Å²) >= 11 is 0. The van der Waals surface area contributed by atoms with Gasteiger partial charge in [0.05, 0.1) is 6.04 Å². The number of benzene rings is 1. The highest BCUT2D eigenvalue weighted by Crippen LogP contribution is 2.22. The van der Waals surface area contributed by atoms with Crippen LogP contribution in [0, 0.1) is 0 Å². The van der Waals surface area contributed by atoms with Gasteiger partial charge in [-0.3, -0.25) is 14.6 Å². The highest BCUT2D eigenvalue weighted by Gasteiger charge is 2.28. The van der Waals surface area contributed by atoms with E-state index in [1.54, 1.807) is 12.4 Å². The van der Waals surface area contributed by atoms with Crippen LogP contribution >= 0.6 is 12.4 Å². The Labute approximate surface area is 173 Å². The van der Waals surface area contributed by atoms with E-state index in [0.717, 1.165) is 24.9 Å². The third kappa shape index (κ3) is 5.63. The first-order chi connectivity index (χ1) is 13.2. The van der Waals surface area contributed by atoms with Crippen LogP contribution < -0.4 is 5.32 Å². The van der Waals surface area contributed by atoms with Crippen molar-refractivity contribution in [3.05, 3.63) is 65.5 Å². The van der Waals surface area contributed by atoms with Gasteiger partial charge < -0.3 is 10.2 Å². The molecule has 1 aliphatic rings. The van der Waals surface area contributed by atoms with Crippen LogP contribution in [0.2, 0.25) is 0 Å². The van der Waals surface area contributed by atoms with Crippen LogP contribution in [-0.4, -0.2) is 41.2 Å². The van der Waals surface area contributed by atoms with E-state index in [2.05, 4.69) is 17.2 Å². The third-order valence-corrected chi connectivity index (χ3v) is 5.01. The Morgan fingerprint density at radius 1 is 1.18 bits per heavy atom. The molecule has 1 aromatic heterocycles. The van der Waals surface area contributed by atoms with E-state index in [9.17, 15) is 9.59 Å². The number of hydrogen-bond acceptors (Lipinski definition) is 4. The molecule has 2 aromatic rings. The minimum atomic E-state index is -0.0246. The Kier molecular flexibility index (Phi) is 8.61. The molecule has 6 heteroatoms. The minimum absolute atomic E-state index is 0. The van der Waals surface area contributed by atoms with Gasteiger partial charge in [0, 0.05) is 50.4 Å². The van der Waals surface area contributed by atoms with E-state index < -0.39 is 0 Å². The Balaban J connectivity index is 0.00000280. The van der Waals surface area contributed by atoms with Crippen LogP contribution in [0.5, 0.6) is 0 Å². The molecule has 0 saturated carbocycles. The first kappa shape index (κ1) is 22.1. The molecule has 3 rings (SSSR count). The van der Waals surface area contributed by atoms with E-state index in [0.29, 0.717) is 18.7 Å². The number of pyridine rings is 1. The zero-order valence-electron chi connectivity index (χ0n) is 16.3. The largest absolute Gasteiger partial charge is 0.333 e. The lowest BCUT2D eigenvalue weighted by atomic mass is 10.0. The van der Waals surface area contributed by atoms with Crippen molar-refractivity contribution < 1.29 is 9.59 Å². The van der Waals surface area contributed by atoms with Gasteiger partial charge in [-0.05, 0) is 23.6 Å². The summed E-state index contributed by atoms with van der Waals surface area (Å²) < 4.78 is 0. The number of hydrogen-bond donors (Lipinski definition) is 1. The summed E-state index contributed by atoms with van der Waals surface area (Å²) in [6.45, 7) is 4.28. The van der Waals surface area contributed by atoms with Crippen LogP contribution in [0.4, 0.5) is 0 Å². The monoisotopic (exact) mass is 401 g/mol. The van der Waals surface area contributed by atoms with E-state index in [1.807, 2.05) is 41.3 Å². The van der Waals surface area contributed by atoms with Gasteiger partial charge in [-0.1, -0.05) is 43.7 Å². The molecular formula is C22H28ClN3O2. The number of ketones is 1. The second kappa shape index (κ2) is 10.9. The molecule has 1 N–H and O–H groups in total. The van der Waals surface area contributed by atoms with Gasteiger partial charge in [-0.2, -0.15) is 0 Å². The van der Waals surface area contributed by atoms with Crippen LogP contribution in [0.15, 0.2) is 48.8 Å². The van der Waals surface area contributed by atoms with Gasteiger partial charge in [0.2, 0.25) is 5.91 Å². The van der Waals surface area contributed by atoms with E-state index in [-0.39, 0.29) is 43.0 Å². The number of aromatic nitrogens is 1. The standard InChI is InChI=1S/C22H27N3O2.ClH/c1-2-4-17-6-8-18(9-7-17)21(26)10-11-22(27)25-14-13-24-16-20(25)19-5-3-12-23-15-19;/h3,5-9,12,15,20,24H,2,4,10-11,13-14,16H2,1H3;1H. The second-order valence-corrected chi connectivity index (χ2v) is 6.96. The normalized spacial score (nSPS) is 16.3. The fourth-order valence-corrected chi connectivity index (χ4v) is 3.53. The summed E-state index contributed by atoms with van der Waals surface area (Å²) in [6.07, 6.45) is 6.13. The number of nitrogens with zero attached hydrogens (tertiary/aromatic N) is 2. The Bertz CT molecular complexity index is 765. The quantitative estimate of drug-likeness (QED) is 0.720. The molecule has 2 heterocycles. The number of carbonyl (C=O) groups is 2. The molecule has 1 unspecified atom stereocenters. The second-order valence-electron chi connectivity index (χ2n) is 6.96.